The number of anilines is 1. The Morgan fingerprint density at radius 1 is 1.50 bits per heavy atom. The number of nitrogens with two attached hydrogens (primary N) is 1. The standard InChI is InChI=1S/C13H22N4S/c1-13(2)4-6-17(7-8-18-13)10-11-3-5-15-12(9-11)16-14/h3,5,9H,4,6-8,10,14H2,1-2H3,(H,15,16). The molecule has 0 unspecified atom stereocenters. The van der Waals surface area contributed by atoms with Crippen LogP contribution in [0.1, 0.15) is 25.8 Å². The average Bonchev–Trinajstić information content (AvgIpc) is 2.51. The van der Waals surface area contributed by atoms with Crippen LogP contribution in [0.15, 0.2) is 18.3 Å². The minimum atomic E-state index is 0.414. The predicted octanol–water partition coefficient (Wildman–Crippen LogP) is 2.08. The van der Waals surface area contributed by atoms with Crippen molar-refractivity contribution in [3.05, 3.63) is 23.9 Å². The summed E-state index contributed by atoms with van der Waals surface area (Å²) in [5.41, 5.74) is 3.86. The van der Waals surface area contributed by atoms with Gasteiger partial charge in [0.1, 0.15) is 5.82 Å². The van der Waals surface area contributed by atoms with Gasteiger partial charge in [-0.05, 0) is 30.7 Å². The van der Waals surface area contributed by atoms with Gasteiger partial charge in [-0.25, -0.2) is 10.8 Å². The highest BCUT2D eigenvalue weighted by molar-refractivity contribution is 8.00. The molecule has 100 valence electrons. The quantitative estimate of drug-likeness (QED) is 0.648. The highest BCUT2D eigenvalue weighted by atomic mass is 32.2. The summed E-state index contributed by atoms with van der Waals surface area (Å²) in [6.07, 6.45) is 3.05. The molecule has 0 saturated carbocycles. The van der Waals surface area contributed by atoms with Gasteiger partial charge in [0.25, 0.3) is 0 Å². The number of nitrogen functional groups attached to an aromatic ring is 1. The number of hydrogen-bond acceptors (Lipinski definition) is 5. The van der Waals surface area contributed by atoms with Crippen molar-refractivity contribution in [3.8, 4) is 0 Å². The van der Waals surface area contributed by atoms with Crippen LogP contribution in [0.2, 0.25) is 0 Å². The number of rotatable bonds is 3. The lowest BCUT2D eigenvalue weighted by molar-refractivity contribution is 0.276. The van der Waals surface area contributed by atoms with Crippen LogP contribution in [-0.2, 0) is 6.54 Å². The average molecular weight is 266 g/mol. The molecule has 1 aromatic heterocycles. The second kappa shape index (κ2) is 5.91. The van der Waals surface area contributed by atoms with Crippen molar-refractivity contribution < 1.29 is 0 Å². The number of nitrogens with zero attached hydrogens (tertiary/aromatic N) is 2. The molecule has 2 rings (SSSR count). The number of aromatic nitrogens is 1. The Bertz CT molecular complexity index is 394. The van der Waals surface area contributed by atoms with Crippen LogP contribution in [0.4, 0.5) is 5.82 Å². The first-order chi connectivity index (χ1) is 8.59. The summed E-state index contributed by atoms with van der Waals surface area (Å²) in [7, 11) is 0. The van der Waals surface area contributed by atoms with E-state index >= 15 is 0 Å². The van der Waals surface area contributed by atoms with Gasteiger partial charge >= 0.3 is 0 Å². The van der Waals surface area contributed by atoms with Crippen molar-refractivity contribution in [1.29, 1.82) is 0 Å². The fourth-order valence-electron chi connectivity index (χ4n) is 2.13. The molecule has 1 saturated heterocycles. The van der Waals surface area contributed by atoms with E-state index in [2.05, 4.69) is 47.0 Å². The SMILES string of the molecule is CC1(C)CCN(Cc2ccnc(NN)c2)CCS1. The van der Waals surface area contributed by atoms with Gasteiger partial charge in [-0.3, -0.25) is 4.90 Å². The Morgan fingerprint density at radius 2 is 2.33 bits per heavy atom. The topological polar surface area (TPSA) is 54.2 Å². The van der Waals surface area contributed by atoms with E-state index in [-0.39, 0.29) is 0 Å². The third kappa shape index (κ3) is 3.86. The Kier molecular flexibility index (Phi) is 4.48. The van der Waals surface area contributed by atoms with Crippen molar-refractivity contribution in [2.45, 2.75) is 31.6 Å². The lowest BCUT2D eigenvalue weighted by atomic mass is 10.1. The van der Waals surface area contributed by atoms with Gasteiger partial charge in [0.2, 0.25) is 0 Å². The van der Waals surface area contributed by atoms with Crippen LogP contribution >= 0.6 is 11.8 Å². The molecule has 0 aliphatic carbocycles. The number of thioether (sulfide) groups is 1. The van der Waals surface area contributed by atoms with Crippen LogP contribution in [-0.4, -0.2) is 33.5 Å². The molecule has 18 heavy (non-hydrogen) atoms. The summed E-state index contributed by atoms with van der Waals surface area (Å²) in [5.74, 6) is 7.32. The first-order valence-electron chi connectivity index (χ1n) is 6.37. The molecule has 0 aromatic carbocycles. The predicted molar refractivity (Wildman–Crippen MR) is 78.5 cm³/mol. The highest BCUT2D eigenvalue weighted by Gasteiger charge is 2.23. The van der Waals surface area contributed by atoms with Crippen LogP contribution in [0, 0.1) is 0 Å². The summed E-state index contributed by atoms with van der Waals surface area (Å²) in [6.45, 7) is 7.97. The van der Waals surface area contributed by atoms with Gasteiger partial charge in [0.05, 0.1) is 0 Å². The van der Waals surface area contributed by atoms with E-state index in [1.54, 1.807) is 6.20 Å². The highest BCUT2D eigenvalue weighted by Crippen LogP contribution is 2.31. The second-order valence-corrected chi connectivity index (χ2v) is 7.13. The van der Waals surface area contributed by atoms with Crippen LogP contribution in [0.25, 0.3) is 0 Å². The Hall–Kier alpha value is -0.780. The van der Waals surface area contributed by atoms with E-state index in [0.29, 0.717) is 4.75 Å². The van der Waals surface area contributed by atoms with Crippen molar-refractivity contribution in [2.75, 3.05) is 24.3 Å². The van der Waals surface area contributed by atoms with Gasteiger partial charge in [0.15, 0.2) is 0 Å². The van der Waals surface area contributed by atoms with E-state index in [9.17, 15) is 0 Å². The van der Waals surface area contributed by atoms with E-state index < -0.39 is 0 Å². The second-order valence-electron chi connectivity index (χ2n) is 5.33. The molecular formula is C13H22N4S. The summed E-state index contributed by atoms with van der Waals surface area (Å²) >= 11 is 2.08. The molecule has 1 aliphatic heterocycles. The molecule has 0 bridgehead atoms. The molecule has 1 aromatic rings. The molecule has 5 heteroatoms. The van der Waals surface area contributed by atoms with Crippen LogP contribution in [0.3, 0.4) is 0 Å². The van der Waals surface area contributed by atoms with E-state index in [1.807, 2.05) is 6.07 Å². The number of nitrogens with one attached hydrogen (secondary N) is 1. The maximum atomic E-state index is 5.38. The van der Waals surface area contributed by atoms with Crippen molar-refractivity contribution in [2.24, 2.45) is 5.84 Å². The normalized spacial score (nSPS) is 20.4. The maximum absolute atomic E-state index is 5.38. The summed E-state index contributed by atoms with van der Waals surface area (Å²) in [4.78, 5) is 6.65. The summed E-state index contributed by atoms with van der Waals surface area (Å²) < 4.78 is 0.414. The van der Waals surface area contributed by atoms with E-state index in [0.717, 1.165) is 25.5 Å². The Balaban J connectivity index is 1.96. The minimum absolute atomic E-state index is 0.414. The summed E-state index contributed by atoms with van der Waals surface area (Å²) in [6, 6.07) is 4.08. The third-order valence-electron chi connectivity index (χ3n) is 3.31. The first-order valence-corrected chi connectivity index (χ1v) is 7.35. The number of pyridine rings is 1. The molecule has 3 N–H and O–H groups in total. The molecule has 0 spiro atoms. The monoisotopic (exact) mass is 266 g/mol. The van der Waals surface area contributed by atoms with E-state index in [1.165, 1.54) is 17.7 Å². The van der Waals surface area contributed by atoms with Gasteiger partial charge in [-0.1, -0.05) is 13.8 Å². The maximum Gasteiger partial charge on any atom is 0.140 e. The van der Waals surface area contributed by atoms with E-state index in [4.69, 9.17) is 5.84 Å². The fourth-order valence-corrected chi connectivity index (χ4v) is 3.27. The number of hydrogen-bond donors (Lipinski definition) is 2. The Labute approximate surface area is 113 Å². The zero-order chi connectivity index (χ0) is 13.0. The largest absolute Gasteiger partial charge is 0.308 e. The van der Waals surface area contributed by atoms with Gasteiger partial charge in [0, 0.05) is 29.8 Å². The smallest absolute Gasteiger partial charge is 0.140 e. The zero-order valence-electron chi connectivity index (χ0n) is 11.1. The van der Waals surface area contributed by atoms with Gasteiger partial charge < -0.3 is 5.43 Å². The van der Waals surface area contributed by atoms with Crippen molar-refractivity contribution in [1.82, 2.24) is 9.88 Å². The van der Waals surface area contributed by atoms with Crippen LogP contribution in [0.5, 0.6) is 0 Å². The number of hydrazine groups is 1. The molecule has 0 amide bonds. The molecule has 1 aliphatic rings. The fraction of sp³-hybridized carbons (Fsp3) is 0.615. The van der Waals surface area contributed by atoms with Gasteiger partial charge in [-0.15, -0.1) is 0 Å². The van der Waals surface area contributed by atoms with Gasteiger partial charge in [-0.2, -0.15) is 11.8 Å². The van der Waals surface area contributed by atoms with Crippen LogP contribution < -0.4 is 11.3 Å². The van der Waals surface area contributed by atoms with Crippen molar-refractivity contribution in [3.63, 3.8) is 0 Å². The lowest BCUT2D eigenvalue weighted by Gasteiger charge is -2.22. The molecule has 0 atom stereocenters. The molecule has 4 nitrogen and oxygen atoms in total. The Morgan fingerprint density at radius 3 is 3.11 bits per heavy atom. The van der Waals surface area contributed by atoms with Crippen molar-refractivity contribution >= 4 is 17.6 Å². The molecule has 0 radical (unpaired) electrons. The first kappa shape index (κ1) is 13.6. The summed E-state index contributed by atoms with van der Waals surface area (Å²) in [5, 5.41) is 0. The molecular weight excluding hydrogens is 244 g/mol. The molecule has 2 heterocycles. The third-order valence-corrected chi connectivity index (χ3v) is 4.68. The molecule has 1 fully saturated rings. The zero-order valence-corrected chi connectivity index (χ0v) is 12.0. The minimum Gasteiger partial charge on any atom is -0.308 e. The lowest BCUT2D eigenvalue weighted by Crippen LogP contribution is -2.26.